The van der Waals surface area contributed by atoms with Crippen molar-refractivity contribution in [3.05, 3.63) is 0 Å². The highest BCUT2D eigenvalue weighted by Gasteiger charge is 2.26. The van der Waals surface area contributed by atoms with Gasteiger partial charge in [-0.05, 0) is 39.4 Å². The highest BCUT2D eigenvalue weighted by atomic mass is 16.1. The third-order valence-corrected chi connectivity index (χ3v) is 3.33. The third kappa shape index (κ3) is 3.09. The van der Waals surface area contributed by atoms with Gasteiger partial charge in [-0.2, -0.15) is 0 Å². The van der Waals surface area contributed by atoms with E-state index >= 15 is 0 Å². The van der Waals surface area contributed by atoms with Gasteiger partial charge in [0.25, 0.3) is 0 Å². The van der Waals surface area contributed by atoms with Crippen LogP contribution in [0.2, 0.25) is 0 Å². The lowest BCUT2D eigenvalue weighted by atomic mass is 9.85. The number of Topliss-reactive ketones (excluding diaryl/α,β-unsaturated/α-hetero) is 1. The van der Waals surface area contributed by atoms with Crippen molar-refractivity contribution >= 4 is 5.78 Å². The zero-order valence-corrected chi connectivity index (χ0v) is 9.75. The summed E-state index contributed by atoms with van der Waals surface area (Å²) in [6.07, 6.45) is 4.33. The van der Waals surface area contributed by atoms with Gasteiger partial charge in [-0.25, -0.2) is 0 Å². The van der Waals surface area contributed by atoms with Gasteiger partial charge in [0.15, 0.2) is 0 Å². The van der Waals surface area contributed by atoms with Crippen molar-refractivity contribution in [3.63, 3.8) is 0 Å². The summed E-state index contributed by atoms with van der Waals surface area (Å²) in [5, 5.41) is 0. The molecule has 0 saturated carbocycles. The fourth-order valence-electron chi connectivity index (χ4n) is 2.27. The number of carbonyl (C=O) groups excluding carboxylic acids is 1. The number of likely N-dealkylation sites (tertiary alicyclic amines) is 1. The molecule has 0 radical (unpaired) electrons. The first-order valence-corrected chi connectivity index (χ1v) is 5.87. The monoisotopic (exact) mass is 197 g/mol. The minimum Gasteiger partial charge on any atom is -0.306 e. The summed E-state index contributed by atoms with van der Waals surface area (Å²) >= 11 is 0. The SMILES string of the molecule is CCCC(C)C(=O)C1CCN(C)CC1. The number of carbonyl (C=O) groups is 1. The highest BCUT2D eigenvalue weighted by molar-refractivity contribution is 5.83. The molecule has 0 spiro atoms. The standard InChI is InChI=1S/C12H23NO/c1-4-5-10(2)12(14)11-6-8-13(3)9-7-11/h10-11H,4-9H2,1-3H3. The van der Waals surface area contributed by atoms with Gasteiger partial charge in [0, 0.05) is 11.8 Å². The molecule has 1 aliphatic heterocycles. The summed E-state index contributed by atoms with van der Waals surface area (Å²) in [4.78, 5) is 14.3. The van der Waals surface area contributed by atoms with E-state index in [1.165, 1.54) is 0 Å². The molecule has 0 N–H and O–H groups in total. The Kier molecular flexibility index (Phi) is 4.59. The van der Waals surface area contributed by atoms with Crippen LogP contribution in [0.15, 0.2) is 0 Å². The van der Waals surface area contributed by atoms with E-state index in [4.69, 9.17) is 0 Å². The molecule has 0 aromatic carbocycles. The number of ketones is 1. The maximum absolute atomic E-state index is 12.0. The fourth-order valence-corrected chi connectivity index (χ4v) is 2.27. The molecule has 82 valence electrons. The lowest BCUT2D eigenvalue weighted by molar-refractivity contribution is -0.127. The average molecular weight is 197 g/mol. The van der Waals surface area contributed by atoms with Gasteiger partial charge in [0.1, 0.15) is 5.78 Å². The van der Waals surface area contributed by atoms with Gasteiger partial charge in [-0.3, -0.25) is 4.79 Å². The molecular formula is C12H23NO. The quantitative estimate of drug-likeness (QED) is 0.689. The van der Waals surface area contributed by atoms with E-state index in [2.05, 4.69) is 25.8 Å². The van der Waals surface area contributed by atoms with Crippen molar-refractivity contribution in [2.45, 2.75) is 39.5 Å². The van der Waals surface area contributed by atoms with E-state index in [0.29, 0.717) is 11.7 Å². The highest BCUT2D eigenvalue weighted by Crippen LogP contribution is 2.22. The van der Waals surface area contributed by atoms with Crippen LogP contribution in [-0.2, 0) is 4.79 Å². The molecule has 1 atom stereocenters. The molecule has 0 aromatic heterocycles. The minimum absolute atomic E-state index is 0.286. The lowest BCUT2D eigenvalue weighted by Crippen LogP contribution is -2.35. The third-order valence-electron chi connectivity index (χ3n) is 3.33. The second-order valence-corrected chi connectivity index (χ2v) is 4.67. The average Bonchev–Trinajstić information content (AvgIpc) is 2.18. The summed E-state index contributed by atoms with van der Waals surface area (Å²) in [5.41, 5.74) is 0. The zero-order valence-electron chi connectivity index (χ0n) is 9.75. The van der Waals surface area contributed by atoms with Crippen LogP contribution in [0, 0.1) is 11.8 Å². The van der Waals surface area contributed by atoms with E-state index in [9.17, 15) is 4.79 Å². The molecular weight excluding hydrogens is 174 g/mol. The predicted octanol–water partition coefficient (Wildman–Crippen LogP) is 2.33. The van der Waals surface area contributed by atoms with Crippen LogP contribution >= 0.6 is 0 Å². The molecule has 0 aliphatic carbocycles. The predicted molar refractivity (Wildman–Crippen MR) is 59.3 cm³/mol. The van der Waals surface area contributed by atoms with Crippen LogP contribution in [0.4, 0.5) is 0 Å². The molecule has 1 aliphatic rings. The van der Waals surface area contributed by atoms with Gasteiger partial charge >= 0.3 is 0 Å². The number of rotatable bonds is 4. The molecule has 0 bridgehead atoms. The Labute approximate surface area is 87.7 Å². The molecule has 14 heavy (non-hydrogen) atoms. The number of piperidine rings is 1. The Balaban J connectivity index is 2.37. The topological polar surface area (TPSA) is 20.3 Å². The Morgan fingerprint density at radius 2 is 2.00 bits per heavy atom. The number of nitrogens with zero attached hydrogens (tertiary/aromatic N) is 1. The van der Waals surface area contributed by atoms with E-state index < -0.39 is 0 Å². The maximum atomic E-state index is 12.0. The van der Waals surface area contributed by atoms with Gasteiger partial charge in [-0.15, -0.1) is 0 Å². The molecule has 2 heteroatoms. The summed E-state index contributed by atoms with van der Waals surface area (Å²) in [7, 11) is 2.14. The Morgan fingerprint density at radius 1 is 1.43 bits per heavy atom. The Hall–Kier alpha value is -0.370. The first kappa shape index (κ1) is 11.7. The summed E-state index contributed by atoms with van der Waals surface area (Å²) < 4.78 is 0. The molecule has 1 rings (SSSR count). The molecule has 1 heterocycles. The van der Waals surface area contributed by atoms with Crippen molar-refractivity contribution in [2.24, 2.45) is 11.8 Å². The van der Waals surface area contributed by atoms with Crippen LogP contribution in [-0.4, -0.2) is 30.8 Å². The number of hydrogen-bond donors (Lipinski definition) is 0. The molecule has 2 nitrogen and oxygen atoms in total. The van der Waals surface area contributed by atoms with Crippen molar-refractivity contribution in [3.8, 4) is 0 Å². The van der Waals surface area contributed by atoms with Crippen LogP contribution in [0.25, 0.3) is 0 Å². The molecule has 0 aromatic rings. The second kappa shape index (κ2) is 5.50. The van der Waals surface area contributed by atoms with Gasteiger partial charge in [-0.1, -0.05) is 20.3 Å². The lowest BCUT2D eigenvalue weighted by Gasteiger charge is -2.29. The minimum atomic E-state index is 0.286. The molecule has 1 unspecified atom stereocenters. The first-order valence-electron chi connectivity index (χ1n) is 5.87. The Morgan fingerprint density at radius 3 is 2.50 bits per heavy atom. The maximum Gasteiger partial charge on any atom is 0.138 e. The van der Waals surface area contributed by atoms with E-state index in [-0.39, 0.29) is 5.92 Å². The Bertz CT molecular complexity index is 183. The smallest absolute Gasteiger partial charge is 0.138 e. The van der Waals surface area contributed by atoms with E-state index in [1.54, 1.807) is 0 Å². The first-order chi connectivity index (χ1) is 6.65. The van der Waals surface area contributed by atoms with Gasteiger partial charge in [0.2, 0.25) is 0 Å². The van der Waals surface area contributed by atoms with Crippen LogP contribution in [0.1, 0.15) is 39.5 Å². The van der Waals surface area contributed by atoms with Crippen molar-refractivity contribution in [1.29, 1.82) is 0 Å². The second-order valence-electron chi connectivity index (χ2n) is 4.67. The van der Waals surface area contributed by atoms with E-state index in [1.807, 2.05) is 0 Å². The summed E-state index contributed by atoms with van der Waals surface area (Å²) in [6, 6.07) is 0. The molecule has 0 amide bonds. The van der Waals surface area contributed by atoms with Crippen molar-refractivity contribution < 1.29 is 4.79 Å². The van der Waals surface area contributed by atoms with Gasteiger partial charge in [0.05, 0.1) is 0 Å². The van der Waals surface area contributed by atoms with E-state index in [0.717, 1.165) is 38.8 Å². The van der Waals surface area contributed by atoms with Crippen LogP contribution in [0.5, 0.6) is 0 Å². The number of hydrogen-bond acceptors (Lipinski definition) is 2. The zero-order chi connectivity index (χ0) is 10.6. The normalized spacial score (nSPS) is 22.2. The molecule has 1 saturated heterocycles. The fraction of sp³-hybridized carbons (Fsp3) is 0.917. The largest absolute Gasteiger partial charge is 0.306 e. The summed E-state index contributed by atoms with van der Waals surface area (Å²) in [6.45, 7) is 6.42. The van der Waals surface area contributed by atoms with Crippen molar-refractivity contribution in [1.82, 2.24) is 4.90 Å². The summed E-state index contributed by atoms with van der Waals surface area (Å²) in [5.74, 6) is 1.15. The van der Waals surface area contributed by atoms with Crippen LogP contribution < -0.4 is 0 Å². The van der Waals surface area contributed by atoms with Crippen LogP contribution in [0.3, 0.4) is 0 Å². The van der Waals surface area contributed by atoms with Gasteiger partial charge < -0.3 is 4.90 Å². The molecule has 1 fully saturated rings. The van der Waals surface area contributed by atoms with Crippen molar-refractivity contribution in [2.75, 3.05) is 20.1 Å².